The molecule has 80 valence electrons. The van der Waals surface area contributed by atoms with E-state index >= 15 is 0 Å². The number of ketones is 1. The number of rotatable bonds is 2. The van der Waals surface area contributed by atoms with Gasteiger partial charge in [-0.05, 0) is 49.3 Å². The molecule has 1 heterocycles. The number of aromatic nitrogens is 1. The Hall–Kier alpha value is -1.96. The Bertz CT molecular complexity index is 570. The molecule has 0 aliphatic heterocycles. The van der Waals surface area contributed by atoms with E-state index in [9.17, 15) is 4.79 Å². The molecule has 0 saturated heterocycles. The van der Waals surface area contributed by atoms with Gasteiger partial charge >= 0.3 is 0 Å². The number of pyridine rings is 1. The van der Waals surface area contributed by atoms with Crippen LogP contribution >= 0.6 is 0 Å². The predicted octanol–water partition coefficient (Wildman–Crippen LogP) is 3.23. The average Bonchev–Trinajstić information content (AvgIpc) is 2.28. The number of hydrogen-bond acceptors (Lipinski definition) is 2. The number of carbonyl (C=O) groups excluding carboxylic acids is 1. The smallest absolute Gasteiger partial charge is 0.155 e. The Morgan fingerprint density at radius 3 is 2.81 bits per heavy atom. The Kier molecular flexibility index (Phi) is 2.82. The van der Waals surface area contributed by atoms with Crippen LogP contribution in [-0.4, -0.2) is 10.8 Å². The van der Waals surface area contributed by atoms with E-state index in [1.165, 1.54) is 0 Å². The minimum Gasteiger partial charge on any atom is -0.295 e. The molecule has 0 bridgehead atoms. The zero-order chi connectivity index (χ0) is 11.5. The minimum absolute atomic E-state index is 0.103. The van der Waals surface area contributed by atoms with Gasteiger partial charge in [-0.1, -0.05) is 12.1 Å². The van der Waals surface area contributed by atoms with Crippen molar-refractivity contribution in [1.29, 1.82) is 0 Å². The van der Waals surface area contributed by atoms with Crippen LogP contribution in [0.25, 0.3) is 17.0 Å². The molecule has 1 aromatic carbocycles. The third-order valence-corrected chi connectivity index (χ3v) is 2.57. The van der Waals surface area contributed by atoms with Crippen molar-refractivity contribution < 1.29 is 4.79 Å². The molecule has 0 amide bonds. The molecule has 16 heavy (non-hydrogen) atoms. The lowest BCUT2D eigenvalue weighted by molar-refractivity contribution is -0.113. The molecule has 2 nitrogen and oxygen atoms in total. The summed E-state index contributed by atoms with van der Waals surface area (Å²) in [5.74, 6) is 0.103. The number of nitrogens with zero attached hydrogens (tertiary/aromatic N) is 1. The highest BCUT2D eigenvalue weighted by molar-refractivity contribution is 5.97. The summed E-state index contributed by atoms with van der Waals surface area (Å²) in [7, 11) is 0. The fourth-order valence-electron chi connectivity index (χ4n) is 1.54. The van der Waals surface area contributed by atoms with Crippen LogP contribution in [0.3, 0.4) is 0 Å². The SMILES string of the molecule is CC(=O)/C(C)=C/c1ccc2ncccc2c1. The van der Waals surface area contributed by atoms with Crippen molar-refractivity contribution in [3.05, 3.63) is 47.7 Å². The lowest BCUT2D eigenvalue weighted by Gasteiger charge is -1.99. The molecule has 0 saturated carbocycles. The second-order valence-electron chi connectivity index (χ2n) is 3.84. The summed E-state index contributed by atoms with van der Waals surface area (Å²) < 4.78 is 0. The standard InChI is InChI=1S/C14H13NO/c1-10(11(2)16)8-12-5-6-14-13(9-12)4-3-7-15-14/h3-9H,1-2H3/b10-8+. The van der Waals surface area contributed by atoms with Gasteiger partial charge in [0, 0.05) is 11.6 Å². The normalized spacial score (nSPS) is 11.8. The fourth-order valence-corrected chi connectivity index (χ4v) is 1.54. The van der Waals surface area contributed by atoms with Crippen LogP contribution in [0.1, 0.15) is 19.4 Å². The molecule has 2 rings (SSSR count). The van der Waals surface area contributed by atoms with Crippen LogP contribution < -0.4 is 0 Å². The second kappa shape index (κ2) is 4.27. The zero-order valence-electron chi connectivity index (χ0n) is 9.40. The summed E-state index contributed by atoms with van der Waals surface area (Å²) >= 11 is 0. The number of hydrogen-bond donors (Lipinski definition) is 0. The lowest BCUT2D eigenvalue weighted by atomic mass is 10.1. The van der Waals surface area contributed by atoms with Crippen LogP contribution in [0.2, 0.25) is 0 Å². The number of allylic oxidation sites excluding steroid dienone is 1. The number of Topliss-reactive ketones (excluding diaryl/α,β-unsaturated/α-hetero) is 1. The van der Waals surface area contributed by atoms with Gasteiger partial charge in [0.1, 0.15) is 0 Å². The van der Waals surface area contributed by atoms with Crippen molar-refractivity contribution >= 4 is 22.8 Å². The van der Waals surface area contributed by atoms with E-state index in [1.807, 2.05) is 43.3 Å². The molecule has 0 radical (unpaired) electrons. The molecule has 0 atom stereocenters. The number of carbonyl (C=O) groups is 1. The maximum Gasteiger partial charge on any atom is 0.155 e. The monoisotopic (exact) mass is 211 g/mol. The van der Waals surface area contributed by atoms with Crippen LogP contribution in [0.5, 0.6) is 0 Å². The van der Waals surface area contributed by atoms with Crippen molar-refractivity contribution in [3.8, 4) is 0 Å². The molecule has 0 unspecified atom stereocenters. The van der Waals surface area contributed by atoms with Gasteiger partial charge in [-0.25, -0.2) is 0 Å². The average molecular weight is 211 g/mol. The third kappa shape index (κ3) is 2.16. The van der Waals surface area contributed by atoms with Gasteiger partial charge in [-0.15, -0.1) is 0 Å². The number of fused-ring (bicyclic) bond motifs is 1. The van der Waals surface area contributed by atoms with Crippen molar-refractivity contribution in [2.45, 2.75) is 13.8 Å². The topological polar surface area (TPSA) is 30.0 Å². The van der Waals surface area contributed by atoms with Gasteiger partial charge in [0.2, 0.25) is 0 Å². The fraction of sp³-hybridized carbons (Fsp3) is 0.143. The largest absolute Gasteiger partial charge is 0.295 e. The maximum atomic E-state index is 11.1. The van der Waals surface area contributed by atoms with Crippen molar-refractivity contribution in [2.24, 2.45) is 0 Å². The lowest BCUT2D eigenvalue weighted by Crippen LogP contribution is -1.90. The van der Waals surface area contributed by atoms with Crippen LogP contribution in [0.4, 0.5) is 0 Å². The molecule has 1 aromatic heterocycles. The molecular weight excluding hydrogens is 198 g/mol. The van der Waals surface area contributed by atoms with E-state index in [4.69, 9.17) is 0 Å². The summed E-state index contributed by atoms with van der Waals surface area (Å²) in [5, 5.41) is 1.09. The van der Waals surface area contributed by atoms with E-state index in [0.717, 1.165) is 22.0 Å². The Morgan fingerprint density at radius 1 is 1.25 bits per heavy atom. The van der Waals surface area contributed by atoms with Crippen molar-refractivity contribution in [3.63, 3.8) is 0 Å². The van der Waals surface area contributed by atoms with Gasteiger partial charge in [0.25, 0.3) is 0 Å². The van der Waals surface area contributed by atoms with Crippen LogP contribution in [0.15, 0.2) is 42.1 Å². The molecule has 2 heteroatoms. The molecule has 0 fully saturated rings. The summed E-state index contributed by atoms with van der Waals surface area (Å²) in [6, 6.07) is 9.90. The van der Waals surface area contributed by atoms with Crippen LogP contribution in [0, 0.1) is 0 Å². The highest BCUT2D eigenvalue weighted by Gasteiger charge is 1.98. The zero-order valence-corrected chi connectivity index (χ0v) is 9.40. The molecule has 0 aliphatic rings. The highest BCUT2D eigenvalue weighted by Crippen LogP contribution is 2.15. The van der Waals surface area contributed by atoms with Gasteiger partial charge in [0.05, 0.1) is 5.52 Å². The summed E-state index contributed by atoms with van der Waals surface area (Å²) in [4.78, 5) is 15.4. The Morgan fingerprint density at radius 2 is 2.06 bits per heavy atom. The van der Waals surface area contributed by atoms with Gasteiger partial charge in [-0.2, -0.15) is 0 Å². The molecule has 0 N–H and O–H groups in total. The van der Waals surface area contributed by atoms with E-state index in [2.05, 4.69) is 4.98 Å². The van der Waals surface area contributed by atoms with Crippen LogP contribution in [-0.2, 0) is 4.79 Å². The predicted molar refractivity (Wildman–Crippen MR) is 66.1 cm³/mol. The van der Waals surface area contributed by atoms with Gasteiger partial charge < -0.3 is 0 Å². The molecular formula is C14H13NO. The number of benzene rings is 1. The second-order valence-corrected chi connectivity index (χ2v) is 3.84. The first-order chi connectivity index (χ1) is 7.66. The quantitative estimate of drug-likeness (QED) is 0.714. The first-order valence-electron chi connectivity index (χ1n) is 5.21. The summed E-state index contributed by atoms with van der Waals surface area (Å²) in [6.45, 7) is 3.41. The Labute approximate surface area is 94.6 Å². The molecule has 2 aromatic rings. The highest BCUT2D eigenvalue weighted by atomic mass is 16.1. The van der Waals surface area contributed by atoms with Gasteiger partial charge in [-0.3, -0.25) is 9.78 Å². The summed E-state index contributed by atoms with van der Waals surface area (Å²) in [6.07, 6.45) is 3.67. The molecule has 0 aliphatic carbocycles. The van der Waals surface area contributed by atoms with Crippen molar-refractivity contribution in [2.75, 3.05) is 0 Å². The first-order valence-corrected chi connectivity index (χ1v) is 5.21. The first kappa shape index (κ1) is 10.6. The van der Waals surface area contributed by atoms with Crippen molar-refractivity contribution in [1.82, 2.24) is 4.98 Å². The van der Waals surface area contributed by atoms with Gasteiger partial charge in [0.15, 0.2) is 5.78 Å². The van der Waals surface area contributed by atoms with E-state index in [1.54, 1.807) is 13.1 Å². The Balaban J connectivity index is 2.47. The molecule has 0 spiro atoms. The minimum atomic E-state index is 0.103. The van der Waals surface area contributed by atoms with E-state index < -0.39 is 0 Å². The maximum absolute atomic E-state index is 11.1. The third-order valence-electron chi connectivity index (χ3n) is 2.57. The summed E-state index contributed by atoms with van der Waals surface area (Å²) in [5.41, 5.74) is 2.77. The van der Waals surface area contributed by atoms with E-state index in [-0.39, 0.29) is 5.78 Å². The van der Waals surface area contributed by atoms with E-state index in [0.29, 0.717) is 0 Å².